The fourth-order valence-electron chi connectivity index (χ4n) is 5.69. The highest BCUT2D eigenvalue weighted by molar-refractivity contribution is 6.10. The number of hydrogen-bond acceptors (Lipinski definition) is 6. The van der Waals surface area contributed by atoms with Crippen LogP contribution in [0.2, 0.25) is 0 Å². The Morgan fingerprint density at radius 2 is 0.521 bits per heavy atom. The molecule has 48 heavy (non-hydrogen) atoms. The van der Waals surface area contributed by atoms with Crippen LogP contribution < -0.4 is 34.0 Å². The van der Waals surface area contributed by atoms with Crippen LogP contribution in [0.5, 0.6) is 0 Å². The molecule has 8 nitrogen and oxygen atoms in total. The molecule has 0 bridgehead atoms. The molecule has 6 aromatic rings. The van der Waals surface area contributed by atoms with Crippen LogP contribution in [0.1, 0.15) is 11.1 Å². The van der Waals surface area contributed by atoms with Crippen LogP contribution >= 0.6 is 0 Å². The molecule has 236 valence electrons. The first-order valence-electron chi connectivity index (χ1n) is 15.0. The van der Waals surface area contributed by atoms with Crippen LogP contribution in [0.3, 0.4) is 0 Å². The maximum absolute atomic E-state index is 4.52. The quantitative estimate of drug-likeness (QED) is 0.239. The average molecular weight is 670 g/mol. The van der Waals surface area contributed by atoms with Crippen molar-refractivity contribution >= 4 is 34.4 Å². The maximum atomic E-state index is 4.52. The lowest BCUT2D eigenvalue weighted by Gasteiger charge is -2.26. The summed E-state index contributed by atoms with van der Waals surface area (Å²) in [5.74, 6) is 1.59. The Kier molecular flexibility index (Phi) is 10.7. The monoisotopic (exact) mass is 668 g/mol. The second-order valence-corrected chi connectivity index (χ2v) is 10.6. The third-order valence-corrected chi connectivity index (χ3v) is 7.82. The predicted molar refractivity (Wildman–Crippen MR) is 184 cm³/mol. The van der Waals surface area contributed by atoms with E-state index in [0.717, 1.165) is 45.5 Å². The molecule has 0 saturated heterocycles. The van der Waals surface area contributed by atoms with Gasteiger partial charge in [-0.15, -0.1) is 0 Å². The van der Waals surface area contributed by atoms with Gasteiger partial charge in [0.1, 0.15) is 0 Å². The smallest absolute Gasteiger partial charge is 0.294 e. The molecule has 0 atom stereocenters. The number of quaternary nitrogens is 2. The molecule has 2 heterocycles. The van der Waals surface area contributed by atoms with E-state index >= 15 is 0 Å². The van der Waals surface area contributed by atoms with E-state index in [9.17, 15) is 0 Å². The first-order valence-corrected chi connectivity index (χ1v) is 15.0. The van der Waals surface area contributed by atoms with Gasteiger partial charge in [0.25, 0.3) is 11.7 Å². The molecule has 2 aliphatic rings. The number of amidine groups is 2. The third kappa shape index (κ3) is 6.21. The van der Waals surface area contributed by atoms with Crippen molar-refractivity contribution in [3.63, 3.8) is 0 Å². The zero-order chi connectivity index (χ0) is 31.1. The van der Waals surface area contributed by atoms with Crippen LogP contribution in [0.4, 0.5) is 22.7 Å². The normalized spacial score (nSPS) is 14.8. The van der Waals surface area contributed by atoms with Gasteiger partial charge in [-0.2, -0.15) is 0 Å². The van der Waals surface area contributed by atoms with Gasteiger partial charge in [0.05, 0.1) is 21.6 Å². The lowest BCUT2D eigenvalue weighted by Crippen LogP contribution is -3.00. The van der Waals surface area contributed by atoms with E-state index in [1.165, 1.54) is 0 Å². The second kappa shape index (κ2) is 15.3. The van der Waals surface area contributed by atoms with Gasteiger partial charge >= 0.3 is 0 Å². The summed E-state index contributed by atoms with van der Waals surface area (Å²) >= 11 is 0. The number of para-hydroxylation sites is 4. The van der Waals surface area contributed by atoms with Gasteiger partial charge < -0.3 is 24.8 Å². The first kappa shape index (κ1) is 33.7. The molecular weight excluding hydrogens is 639 g/mol. The largest absolute Gasteiger partial charge is 1.00 e. The van der Waals surface area contributed by atoms with Crippen molar-refractivity contribution in [2.24, 2.45) is 31.1 Å². The van der Waals surface area contributed by atoms with Gasteiger partial charge in [-0.1, -0.05) is 129 Å². The van der Waals surface area contributed by atoms with E-state index in [2.05, 4.69) is 79.6 Å². The second-order valence-electron chi connectivity index (χ2n) is 10.6. The Labute approximate surface area is 291 Å². The number of nitrogens with zero attached hydrogens (tertiary/aromatic N) is 8. The van der Waals surface area contributed by atoms with Crippen LogP contribution in [-0.4, -0.2) is 11.7 Å². The SMILES string of the molecule is [Cl-].[Cl-].c1ccc(C2=NN=N[N+]2(c2ccccc2)c2ccccc2)cc1.c1ccc(C2=NN=N[N+]2(c2ccccc2)c2ccccc2)cc1. The molecule has 0 aromatic heterocycles. The average Bonchev–Trinajstić information content (AvgIpc) is 3.81. The van der Waals surface area contributed by atoms with Gasteiger partial charge in [-0.3, -0.25) is 0 Å². The summed E-state index contributed by atoms with van der Waals surface area (Å²) in [6.45, 7) is 0. The van der Waals surface area contributed by atoms with E-state index in [1.54, 1.807) is 0 Å². The number of hydrogen-bond donors (Lipinski definition) is 0. The molecule has 0 amide bonds. The topological polar surface area (TPSA) is 74.2 Å². The fraction of sp³-hybridized carbons (Fsp3) is 0. The Bertz CT molecular complexity index is 1790. The summed E-state index contributed by atoms with van der Waals surface area (Å²) in [5.41, 5.74) is 6.02. The van der Waals surface area contributed by atoms with Crippen molar-refractivity contribution in [1.29, 1.82) is 0 Å². The summed E-state index contributed by atoms with van der Waals surface area (Å²) in [6.07, 6.45) is 0. The lowest BCUT2D eigenvalue weighted by atomic mass is 10.1. The molecular formula is C38H30Cl2N8. The van der Waals surface area contributed by atoms with Crippen molar-refractivity contribution in [2.75, 3.05) is 0 Å². The van der Waals surface area contributed by atoms with E-state index < -0.39 is 0 Å². The molecule has 0 N–H and O–H groups in total. The zero-order valence-electron chi connectivity index (χ0n) is 25.7. The number of halogens is 2. The Morgan fingerprint density at radius 1 is 0.292 bits per heavy atom. The van der Waals surface area contributed by atoms with E-state index in [-0.39, 0.29) is 34.0 Å². The highest BCUT2D eigenvalue weighted by Gasteiger charge is 2.47. The number of benzene rings is 6. The van der Waals surface area contributed by atoms with Crippen LogP contribution in [0.25, 0.3) is 0 Å². The molecule has 0 saturated carbocycles. The van der Waals surface area contributed by atoms with Crippen LogP contribution in [0.15, 0.2) is 213 Å². The third-order valence-electron chi connectivity index (χ3n) is 7.82. The Hall–Kier alpha value is -5.64. The van der Waals surface area contributed by atoms with Crippen LogP contribution in [-0.2, 0) is 0 Å². The Morgan fingerprint density at radius 3 is 0.771 bits per heavy atom. The molecule has 0 fully saturated rings. The van der Waals surface area contributed by atoms with Gasteiger partial charge in [0, 0.05) is 59.0 Å². The number of rotatable bonds is 6. The summed E-state index contributed by atoms with van der Waals surface area (Å²) in [4.78, 5) is 0. The van der Waals surface area contributed by atoms with Gasteiger partial charge in [0.2, 0.25) is 0 Å². The summed E-state index contributed by atoms with van der Waals surface area (Å²) < 4.78 is 0.289. The first-order chi connectivity index (χ1) is 22.8. The van der Waals surface area contributed by atoms with Gasteiger partial charge in [0.15, 0.2) is 22.7 Å². The molecule has 10 heteroatoms. The van der Waals surface area contributed by atoms with Crippen molar-refractivity contribution in [3.05, 3.63) is 193 Å². The van der Waals surface area contributed by atoms with Gasteiger partial charge in [-0.25, -0.2) is 0 Å². The summed E-state index contributed by atoms with van der Waals surface area (Å²) in [5, 5.41) is 25.8. The standard InChI is InChI=1S/2C19H15N4.2ClH/c2*1-4-10-16(11-5-1)19-20-21-22-23(19,17-12-6-2-7-13-17)18-14-8-3-9-15-18;;/h2*1-15H;2*1H/q2*+1;;/p-2. The zero-order valence-corrected chi connectivity index (χ0v) is 27.2. The molecule has 6 aromatic carbocycles. The fourth-order valence-corrected chi connectivity index (χ4v) is 5.69. The van der Waals surface area contributed by atoms with Crippen molar-refractivity contribution < 1.29 is 24.8 Å². The lowest BCUT2D eigenvalue weighted by molar-refractivity contribution is -0.00100. The van der Waals surface area contributed by atoms with Crippen LogP contribution in [0, 0.1) is 0 Å². The predicted octanol–water partition coefficient (Wildman–Crippen LogP) is 4.14. The Balaban J connectivity index is 0.000000180. The minimum atomic E-state index is 0. The van der Waals surface area contributed by atoms with Crippen molar-refractivity contribution in [1.82, 2.24) is 9.18 Å². The highest BCUT2D eigenvalue weighted by atomic mass is 35.5. The molecule has 0 aliphatic carbocycles. The van der Waals surface area contributed by atoms with E-state index in [0.29, 0.717) is 0 Å². The minimum Gasteiger partial charge on any atom is -1.00 e. The molecule has 0 unspecified atom stereocenters. The molecule has 8 rings (SSSR count). The molecule has 0 spiro atoms. The van der Waals surface area contributed by atoms with E-state index in [4.69, 9.17) is 0 Å². The molecule has 0 radical (unpaired) electrons. The highest BCUT2D eigenvalue weighted by Crippen LogP contribution is 2.41. The summed E-state index contributed by atoms with van der Waals surface area (Å²) in [7, 11) is 0. The maximum Gasteiger partial charge on any atom is 0.294 e. The van der Waals surface area contributed by atoms with E-state index in [1.807, 2.05) is 133 Å². The van der Waals surface area contributed by atoms with Crippen molar-refractivity contribution in [3.8, 4) is 0 Å². The van der Waals surface area contributed by atoms with Crippen molar-refractivity contribution in [2.45, 2.75) is 0 Å². The van der Waals surface area contributed by atoms with Gasteiger partial charge in [-0.05, 0) is 24.3 Å². The summed E-state index contributed by atoms with van der Waals surface area (Å²) in [6, 6.07) is 60.6. The minimum absolute atomic E-state index is 0. The molecule has 2 aliphatic heterocycles.